The average molecular weight is 130 g/mol. The lowest BCUT2D eigenvalue weighted by Crippen LogP contribution is -2.49. The maximum atomic E-state index is 9.18. The molecule has 0 saturated carbocycles. The van der Waals surface area contributed by atoms with Crippen LogP contribution in [-0.2, 0) is 0 Å². The summed E-state index contributed by atoms with van der Waals surface area (Å²) >= 11 is 0. The molecule has 2 unspecified atom stereocenters. The maximum Gasteiger partial charge on any atom is 0.0818 e. The zero-order chi connectivity index (χ0) is 6.85. The molecule has 1 rings (SSSR count). The molecule has 0 aliphatic carbocycles. The summed E-state index contributed by atoms with van der Waals surface area (Å²) in [6.45, 7) is 1.74. The number of rotatable bonds is 0. The molecular weight excluding hydrogens is 116 g/mol. The molecule has 3 N–H and O–H groups in total. The summed E-state index contributed by atoms with van der Waals surface area (Å²) in [6, 6.07) is 0.00111. The first-order valence-electron chi connectivity index (χ1n) is 3.32. The number of nitrogens with zero attached hydrogens (tertiary/aromatic N) is 1. The Morgan fingerprint density at radius 2 is 2.33 bits per heavy atom. The lowest BCUT2D eigenvalue weighted by atomic mass is 10.0. The number of β-amino-alcohol motifs (C(OH)–C–C–N with tert-alkyl or cyclic N) is 1. The zero-order valence-electron chi connectivity index (χ0n) is 5.75. The molecule has 1 aliphatic rings. The highest BCUT2D eigenvalue weighted by atomic mass is 16.3. The minimum Gasteiger partial charge on any atom is -0.390 e. The number of piperidine rings is 1. The fraction of sp³-hybridized carbons (Fsp3) is 1.00. The van der Waals surface area contributed by atoms with E-state index in [1.807, 2.05) is 7.05 Å². The Hall–Kier alpha value is -0.120. The highest BCUT2D eigenvalue weighted by Crippen LogP contribution is 2.05. The van der Waals surface area contributed by atoms with Gasteiger partial charge in [-0.15, -0.1) is 0 Å². The molecule has 0 radical (unpaired) electrons. The maximum absolute atomic E-state index is 9.18. The molecule has 1 fully saturated rings. The van der Waals surface area contributed by atoms with Crippen LogP contribution in [0.1, 0.15) is 6.42 Å². The van der Waals surface area contributed by atoms with Crippen molar-refractivity contribution in [2.45, 2.75) is 18.6 Å². The summed E-state index contributed by atoms with van der Waals surface area (Å²) in [5, 5.41) is 9.18. The van der Waals surface area contributed by atoms with Crippen molar-refractivity contribution in [3.05, 3.63) is 0 Å². The lowest BCUT2D eigenvalue weighted by Gasteiger charge is -2.31. The topological polar surface area (TPSA) is 49.5 Å². The number of nitrogens with two attached hydrogens (primary N) is 1. The van der Waals surface area contributed by atoms with Gasteiger partial charge in [-0.25, -0.2) is 0 Å². The predicted octanol–water partition coefficient (Wildman–Crippen LogP) is -0.990. The summed E-state index contributed by atoms with van der Waals surface area (Å²) in [5.41, 5.74) is 5.56. The van der Waals surface area contributed by atoms with E-state index in [-0.39, 0.29) is 12.1 Å². The minimum absolute atomic E-state index is 0.00111. The third-order valence-corrected chi connectivity index (χ3v) is 1.84. The molecule has 0 spiro atoms. The van der Waals surface area contributed by atoms with E-state index in [9.17, 15) is 5.11 Å². The van der Waals surface area contributed by atoms with E-state index in [0.717, 1.165) is 19.5 Å². The summed E-state index contributed by atoms with van der Waals surface area (Å²) in [6.07, 6.45) is 0.598. The Kier molecular flexibility index (Phi) is 2.05. The highest BCUT2D eigenvalue weighted by molar-refractivity contribution is 4.80. The molecule has 2 atom stereocenters. The largest absolute Gasteiger partial charge is 0.390 e. The van der Waals surface area contributed by atoms with E-state index in [1.165, 1.54) is 0 Å². The molecule has 0 bridgehead atoms. The van der Waals surface area contributed by atoms with E-state index >= 15 is 0 Å². The highest BCUT2D eigenvalue weighted by Gasteiger charge is 2.21. The van der Waals surface area contributed by atoms with Gasteiger partial charge in [0.2, 0.25) is 0 Å². The van der Waals surface area contributed by atoms with Crippen LogP contribution >= 0.6 is 0 Å². The lowest BCUT2D eigenvalue weighted by molar-refractivity contribution is 0.0661. The van der Waals surface area contributed by atoms with Gasteiger partial charge in [0.1, 0.15) is 0 Å². The van der Waals surface area contributed by atoms with E-state index in [0.29, 0.717) is 0 Å². The Balaban J connectivity index is 2.35. The van der Waals surface area contributed by atoms with Gasteiger partial charge in [-0.1, -0.05) is 0 Å². The number of aliphatic hydroxyl groups is 1. The monoisotopic (exact) mass is 130 g/mol. The first kappa shape index (κ1) is 6.99. The SMILES string of the molecule is CN1CCC(N)C(O)C1. The van der Waals surface area contributed by atoms with Crippen LogP contribution in [0.5, 0.6) is 0 Å². The average Bonchev–Trinajstić information content (AvgIpc) is 1.80. The van der Waals surface area contributed by atoms with Crippen LogP contribution in [0.3, 0.4) is 0 Å². The fourth-order valence-corrected chi connectivity index (χ4v) is 1.11. The van der Waals surface area contributed by atoms with Crippen LogP contribution < -0.4 is 5.73 Å². The molecule has 1 saturated heterocycles. The van der Waals surface area contributed by atoms with E-state index < -0.39 is 0 Å². The van der Waals surface area contributed by atoms with Crippen LogP contribution in [0.4, 0.5) is 0 Å². The van der Waals surface area contributed by atoms with Crippen LogP contribution in [0, 0.1) is 0 Å². The van der Waals surface area contributed by atoms with E-state index in [1.54, 1.807) is 0 Å². The van der Waals surface area contributed by atoms with Gasteiger partial charge in [0, 0.05) is 12.6 Å². The fourth-order valence-electron chi connectivity index (χ4n) is 1.11. The molecule has 1 aliphatic heterocycles. The van der Waals surface area contributed by atoms with Crippen molar-refractivity contribution in [1.82, 2.24) is 4.90 Å². The predicted molar refractivity (Wildman–Crippen MR) is 36.1 cm³/mol. The smallest absolute Gasteiger partial charge is 0.0818 e. The third kappa shape index (κ3) is 1.64. The molecule has 0 aromatic rings. The van der Waals surface area contributed by atoms with Crippen molar-refractivity contribution in [1.29, 1.82) is 0 Å². The molecule has 1 heterocycles. The van der Waals surface area contributed by atoms with Crippen molar-refractivity contribution >= 4 is 0 Å². The summed E-state index contributed by atoms with van der Waals surface area (Å²) in [5.74, 6) is 0. The Morgan fingerprint density at radius 1 is 1.67 bits per heavy atom. The van der Waals surface area contributed by atoms with Crippen molar-refractivity contribution in [2.75, 3.05) is 20.1 Å². The van der Waals surface area contributed by atoms with Crippen molar-refractivity contribution < 1.29 is 5.11 Å². The quantitative estimate of drug-likeness (QED) is 0.442. The number of likely N-dealkylation sites (N-methyl/N-ethyl adjacent to an activating group) is 1. The second-order valence-corrected chi connectivity index (χ2v) is 2.78. The van der Waals surface area contributed by atoms with Gasteiger partial charge in [-0.05, 0) is 20.0 Å². The second kappa shape index (κ2) is 2.64. The van der Waals surface area contributed by atoms with Gasteiger partial charge in [0.15, 0.2) is 0 Å². The van der Waals surface area contributed by atoms with Crippen LogP contribution in [0.15, 0.2) is 0 Å². The van der Waals surface area contributed by atoms with Gasteiger partial charge in [-0.3, -0.25) is 0 Å². The molecule has 3 nitrogen and oxygen atoms in total. The van der Waals surface area contributed by atoms with Crippen LogP contribution in [0.25, 0.3) is 0 Å². The first-order valence-corrected chi connectivity index (χ1v) is 3.32. The Labute approximate surface area is 55.5 Å². The summed E-state index contributed by atoms with van der Waals surface area (Å²) in [4.78, 5) is 2.09. The Bertz CT molecular complexity index is 97.1. The molecule has 54 valence electrons. The molecule has 0 aromatic heterocycles. The van der Waals surface area contributed by atoms with E-state index in [4.69, 9.17) is 5.73 Å². The number of likely N-dealkylation sites (tertiary alicyclic amines) is 1. The van der Waals surface area contributed by atoms with Gasteiger partial charge in [0.05, 0.1) is 6.10 Å². The number of aliphatic hydroxyl groups excluding tert-OH is 1. The first-order chi connectivity index (χ1) is 4.20. The molecule has 3 heteroatoms. The van der Waals surface area contributed by atoms with Crippen LogP contribution in [0.2, 0.25) is 0 Å². The van der Waals surface area contributed by atoms with Gasteiger partial charge < -0.3 is 15.7 Å². The van der Waals surface area contributed by atoms with Gasteiger partial charge >= 0.3 is 0 Å². The molecular formula is C6H14N2O. The molecule has 0 aromatic carbocycles. The molecule has 0 amide bonds. The zero-order valence-corrected chi connectivity index (χ0v) is 5.75. The normalized spacial score (nSPS) is 39.0. The standard InChI is InChI=1S/C6H14N2O/c1-8-3-2-5(7)6(9)4-8/h5-6,9H,2-4,7H2,1H3. The van der Waals surface area contributed by atoms with Gasteiger partial charge in [-0.2, -0.15) is 0 Å². The Morgan fingerprint density at radius 3 is 2.78 bits per heavy atom. The minimum atomic E-state index is -0.316. The van der Waals surface area contributed by atoms with Crippen molar-refractivity contribution in [2.24, 2.45) is 5.73 Å². The molecule has 9 heavy (non-hydrogen) atoms. The summed E-state index contributed by atoms with van der Waals surface area (Å²) < 4.78 is 0. The number of hydrogen-bond acceptors (Lipinski definition) is 3. The number of hydrogen-bond donors (Lipinski definition) is 2. The van der Waals surface area contributed by atoms with Crippen molar-refractivity contribution in [3.8, 4) is 0 Å². The van der Waals surface area contributed by atoms with E-state index in [2.05, 4.69) is 4.90 Å². The third-order valence-electron chi connectivity index (χ3n) is 1.84. The van der Waals surface area contributed by atoms with Crippen molar-refractivity contribution in [3.63, 3.8) is 0 Å². The summed E-state index contributed by atoms with van der Waals surface area (Å²) in [7, 11) is 2.00. The van der Waals surface area contributed by atoms with Gasteiger partial charge in [0.25, 0.3) is 0 Å². The second-order valence-electron chi connectivity index (χ2n) is 2.78. The van der Waals surface area contributed by atoms with Crippen LogP contribution in [-0.4, -0.2) is 42.3 Å².